The number of aromatic nitrogens is 4. The summed E-state index contributed by atoms with van der Waals surface area (Å²) in [5.74, 6) is 0.487. The molecule has 2 atom stereocenters. The van der Waals surface area contributed by atoms with Gasteiger partial charge < -0.3 is 4.90 Å². The van der Waals surface area contributed by atoms with Gasteiger partial charge in [0.15, 0.2) is 5.78 Å². The average molecular weight is 458 g/mol. The van der Waals surface area contributed by atoms with Crippen LogP contribution in [0, 0.1) is 5.92 Å². The Hall–Kier alpha value is -2.77. The standard InChI is InChI=1S/C22H21Cl2N5O2/c1-13-9-15(21(31)14-3-4-16(23)17(24)10-14)6-8-29(13)22-27-19(11-20(30)28(22)2)18-5-7-25-12-26-18/h3-5,7,10-13,15H,6,8-9H2,1-2H3/t13-,15?/m1/s1. The number of benzene rings is 1. The van der Waals surface area contributed by atoms with E-state index in [0.29, 0.717) is 52.3 Å². The molecule has 2 aromatic heterocycles. The number of carbonyl (C=O) groups excluding carboxylic acids is 1. The molecule has 31 heavy (non-hydrogen) atoms. The molecule has 1 saturated heterocycles. The summed E-state index contributed by atoms with van der Waals surface area (Å²) in [6.45, 7) is 2.64. The number of rotatable bonds is 4. The molecule has 160 valence electrons. The quantitative estimate of drug-likeness (QED) is 0.550. The first kappa shape index (κ1) is 21.5. The van der Waals surface area contributed by atoms with Gasteiger partial charge in [-0.2, -0.15) is 0 Å². The van der Waals surface area contributed by atoms with Crippen molar-refractivity contribution in [3.63, 3.8) is 0 Å². The van der Waals surface area contributed by atoms with Gasteiger partial charge in [-0.15, -0.1) is 0 Å². The van der Waals surface area contributed by atoms with E-state index >= 15 is 0 Å². The van der Waals surface area contributed by atoms with Crippen LogP contribution >= 0.6 is 23.2 Å². The van der Waals surface area contributed by atoms with E-state index in [-0.39, 0.29) is 23.3 Å². The van der Waals surface area contributed by atoms with Crippen LogP contribution in [0.1, 0.15) is 30.1 Å². The van der Waals surface area contributed by atoms with E-state index in [0.717, 1.165) is 0 Å². The first-order valence-electron chi connectivity index (χ1n) is 9.95. The number of piperidine rings is 1. The number of Topliss-reactive ketones (excluding diaryl/α,β-unsaturated/α-hetero) is 1. The Bertz CT molecular complexity index is 1180. The predicted molar refractivity (Wildman–Crippen MR) is 121 cm³/mol. The molecule has 0 bridgehead atoms. The number of nitrogens with zero attached hydrogens (tertiary/aromatic N) is 5. The second kappa shape index (κ2) is 8.77. The SMILES string of the molecule is C[C@@H]1CC(C(=O)c2ccc(Cl)c(Cl)c2)CCN1c1nc(-c2ccncn2)cc(=O)n1C. The minimum atomic E-state index is -0.167. The van der Waals surface area contributed by atoms with Crippen molar-refractivity contribution >= 4 is 34.9 Å². The van der Waals surface area contributed by atoms with Crippen LogP contribution in [0.2, 0.25) is 10.0 Å². The average Bonchev–Trinajstić information content (AvgIpc) is 2.77. The van der Waals surface area contributed by atoms with Crippen molar-refractivity contribution in [3.8, 4) is 11.4 Å². The van der Waals surface area contributed by atoms with E-state index in [9.17, 15) is 9.59 Å². The Morgan fingerprint density at radius 2 is 1.94 bits per heavy atom. The molecule has 0 amide bonds. The molecule has 3 aromatic rings. The molecule has 0 N–H and O–H groups in total. The normalized spacial score (nSPS) is 18.8. The predicted octanol–water partition coefficient (Wildman–Crippen LogP) is 4.03. The third-order valence-corrected chi connectivity index (χ3v) is 6.40. The first-order chi connectivity index (χ1) is 14.8. The van der Waals surface area contributed by atoms with Gasteiger partial charge in [0.05, 0.1) is 21.4 Å². The molecule has 0 saturated carbocycles. The molecule has 0 radical (unpaired) electrons. The molecule has 9 heteroatoms. The summed E-state index contributed by atoms with van der Waals surface area (Å²) in [6.07, 6.45) is 4.34. The van der Waals surface area contributed by atoms with Crippen LogP contribution in [0.15, 0.2) is 47.7 Å². The summed E-state index contributed by atoms with van der Waals surface area (Å²) in [7, 11) is 1.70. The molecule has 1 aromatic carbocycles. The van der Waals surface area contributed by atoms with E-state index in [1.54, 1.807) is 37.5 Å². The van der Waals surface area contributed by atoms with Crippen molar-refractivity contribution in [3.05, 3.63) is 68.8 Å². The van der Waals surface area contributed by atoms with Gasteiger partial charge in [0.25, 0.3) is 5.56 Å². The van der Waals surface area contributed by atoms with Crippen LogP contribution in [0.3, 0.4) is 0 Å². The van der Waals surface area contributed by atoms with Crippen LogP contribution < -0.4 is 10.5 Å². The van der Waals surface area contributed by atoms with E-state index < -0.39 is 0 Å². The highest BCUT2D eigenvalue weighted by molar-refractivity contribution is 6.42. The zero-order valence-electron chi connectivity index (χ0n) is 17.1. The maximum absolute atomic E-state index is 13.0. The largest absolute Gasteiger partial charge is 0.339 e. The van der Waals surface area contributed by atoms with Crippen LogP contribution in [0.25, 0.3) is 11.4 Å². The molecular weight excluding hydrogens is 437 g/mol. The summed E-state index contributed by atoms with van der Waals surface area (Å²) >= 11 is 12.1. The minimum absolute atomic E-state index is 0.0178. The molecule has 0 aliphatic carbocycles. The summed E-state index contributed by atoms with van der Waals surface area (Å²) in [5, 5.41) is 0.802. The van der Waals surface area contributed by atoms with Crippen LogP contribution in [0.4, 0.5) is 5.95 Å². The molecule has 1 unspecified atom stereocenters. The smallest absolute Gasteiger partial charge is 0.255 e. The van der Waals surface area contributed by atoms with Gasteiger partial charge in [-0.05, 0) is 44.0 Å². The molecule has 0 spiro atoms. The fourth-order valence-electron chi connectivity index (χ4n) is 3.95. The van der Waals surface area contributed by atoms with Gasteiger partial charge in [-0.1, -0.05) is 23.2 Å². The number of anilines is 1. The lowest BCUT2D eigenvalue weighted by atomic mass is 9.85. The van der Waals surface area contributed by atoms with Crippen molar-refractivity contribution in [1.29, 1.82) is 0 Å². The van der Waals surface area contributed by atoms with Crippen molar-refractivity contribution in [1.82, 2.24) is 19.5 Å². The topological polar surface area (TPSA) is 81.0 Å². The summed E-state index contributed by atoms with van der Waals surface area (Å²) in [6, 6.07) is 8.19. The Labute approximate surface area is 189 Å². The van der Waals surface area contributed by atoms with E-state index in [1.807, 2.05) is 6.92 Å². The zero-order chi connectivity index (χ0) is 22.1. The van der Waals surface area contributed by atoms with E-state index in [4.69, 9.17) is 28.2 Å². The number of hydrogen-bond acceptors (Lipinski definition) is 6. The maximum atomic E-state index is 13.0. The van der Waals surface area contributed by atoms with Crippen molar-refractivity contribution in [2.45, 2.75) is 25.8 Å². The van der Waals surface area contributed by atoms with Crippen LogP contribution in [0.5, 0.6) is 0 Å². The van der Waals surface area contributed by atoms with Gasteiger partial charge in [0, 0.05) is 43.4 Å². The minimum Gasteiger partial charge on any atom is -0.339 e. The number of ketones is 1. The molecule has 1 aliphatic heterocycles. The monoisotopic (exact) mass is 457 g/mol. The first-order valence-corrected chi connectivity index (χ1v) is 10.7. The Morgan fingerprint density at radius 3 is 2.61 bits per heavy atom. The molecule has 1 fully saturated rings. The van der Waals surface area contributed by atoms with Crippen molar-refractivity contribution in [2.75, 3.05) is 11.4 Å². The van der Waals surface area contributed by atoms with Crippen molar-refractivity contribution in [2.24, 2.45) is 13.0 Å². The van der Waals surface area contributed by atoms with Gasteiger partial charge in [-0.3, -0.25) is 14.2 Å². The fraction of sp³-hybridized carbons (Fsp3) is 0.318. The summed E-state index contributed by atoms with van der Waals surface area (Å²) in [4.78, 5) is 40.5. The highest BCUT2D eigenvalue weighted by atomic mass is 35.5. The van der Waals surface area contributed by atoms with Crippen LogP contribution in [-0.4, -0.2) is 37.9 Å². The lowest BCUT2D eigenvalue weighted by Gasteiger charge is -2.38. The van der Waals surface area contributed by atoms with Gasteiger partial charge in [0.2, 0.25) is 5.95 Å². The number of halogens is 2. The Kier molecular flexibility index (Phi) is 6.07. The maximum Gasteiger partial charge on any atom is 0.255 e. The number of carbonyl (C=O) groups is 1. The second-order valence-corrected chi connectivity index (χ2v) is 8.50. The molecule has 4 rings (SSSR count). The van der Waals surface area contributed by atoms with Gasteiger partial charge in [-0.25, -0.2) is 15.0 Å². The third kappa shape index (κ3) is 4.34. The summed E-state index contributed by atoms with van der Waals surface area (Å²) in [5.41, 5.74) is 1.49. The number of hydrogen-bond donors (Lipinski definition) is 0. The van der Waals surface area contributed by atoms with E-state index in [1.165, 1.54) is 17.0 Å². The fourth-order valence-corrected chi connectivity index (χ4v) is 4.25. The summed E-state index contributed by atoms with van der Waals surface area (Å²) < 4.78 is 1.53. The molecular formula is C22H21Cl2N5O2. The zero-order valence-corrected chi connectivity index (χ0v) is 18.6. The third-order valence-electron chi connectivity index (χ3n) is 5.66. The molecule has 3 heterocycles. The second-order valence-electron chi connectivity index (χ2n) is 7.69. The Balaban J connectivity index is 1.58. The molecule has 7 nitrogen and oxygen atoms in total. The Morgan fingerprint density at radius 1 is 1.13 bits per heavy atom. The van der Waals surface area contributed by atoms with Crippen LogP contribution in [-0.2, 0) is 7.05 Å². The van der Waals surface area contributed by atoms with E-state index in [2.05, 4.69) is 14.9 Å². The lowest BCUT2D eigenvalue weighted by molar-refractivity contribution is 0.0889. The molecule has 1 aliphatic rings. The lowest BCUT2D eigenvalue weighted by Crippen LogP contribution is -2.45. The van der Waals surface area contributed by atoms with Crippen molar-refractivity contribution < 1.29 is 4.79 Å². The highest BCUT2D eigenvalue weighted by Gasteiger charge is 2.32. The van der Waals surface area contributed by atoms with Gasteiger partial charge >= 0.3 is 0 Å². The highest BCUT2D eigenvalue weighted by Crippen LogP contribution is 2.31. The van der Waals surface area contributed by atoms with Gasteiger partial charge in [0.1, 0.15) is 6.33 Å².